The highest BCUT2D eigenvalue weighted by Gasteiger charge is 2.20. The van der Waals surface area contributed by atoms with E-state index in [2.05, 4.69) is 11.4 Å². The maximum Gasteiger partial charge on any atom is 0.256 e. The molecular weight excluding hydrogens is 420 g/mol. The molecule has 5 heteroatoms. The summed E-state index contributed by atoms with van der Waals surface area (Å²) in [5, 5.41) is 4.51. The molecule has 1 N–H and O–H groups in total. The lowest BCUT2D eigenvalue weighted by Gasteiger charge is -2.17. The van der Waals surface area contributed by atoms with Crippen molar-refractivity contribution < 1.29 is 9.53 Å². The van der Waals surface area contributed by atoms with Crippen LogP contribution < -0.4 is 10.1 Å². The van der Waals surface area contributed by atoms with Gasteiger partial charge in [0, 0.05) is 21.7 Å². The zero-order valence-electron chi connectivity index (χ0n) is 18.6. The number of halogens is 1. The van der Waals surface area contributed by atoms with E-state index in [0.29, 0.717) is 22.9 Å². The molecular formula is C27H25ClN2O2. The molecule has 1 amide bonds. The topological polar surface area (TPSA) is 51.2 Å². The van der Waals surface area contributed by atoms with E-state index < -0.39 is 0 Å². The molecule has 3 aromatic carbocycles. The van der Waals surface area contributed by atoms with E-state index >= 15 is 0 Å². The Morgan fingerprint density at radius 3 is 2.47 bits per heavy atom. The lowest BCUT2D eigenvalue weighted by atomic mass is 9.94. The molecule has 0 saturated heterocycles. The predicted octanol–water partition coefficient (Wildman–Crippen LogP) is 7.13. The third-order valence-corrected chi connectivity index (χ3v) is 5.65. The molecule has 0 atom stereocenters. The average molecular weight is 445 g/mol. The van der Waals surface area contributed by atoms with Crippen LogP contribution in [0.15, 0.2) is 60.7 Å². The second-order valence-electron chi connectivity index (χ2n) is 7.86. The Hall–Kier alpha value is -3.37. The number of ether oxygens (including phenoxy) is 1. The maximum absolute atomic E-state index is 13.5. The SMILES string of the molecule is CCOc1ccc(NC(=O)c2c(C)c(-c3cccc(Cl)c3)nc3c(C)cc(C)cc23)cc1. The van der Waals surface area contributed by atoms with Crippen LogP contribution >= 0.6 is 11.6 Å². The fraction of sp³-hybridized carbons (Fsp3) is 0.185. The number of hydrogen-bond acceptors (Lipinski definition) is 3. The lowest BCUT2D eigenvalue weighted by molar-refractivity contribution is 0.102. The molecule has 1 heterocycles. The van der Waals surface area contributed by atoms with Crippen LogP contribution in [0.1, 0.15) is 34.0 Å². The minimum Gasteiger partial charge on any atom is -0.494 e. The number of amides is 1. The number of anilines is 1. The number of rotatable bonds is 5. The predicted molar refractivity (Wildman–Crippen MR) is 132 cm³/mol. The highest BCUT2D eigenvalue weighted by molar-refractivity contribution is 6.30. The van der Waals surface area contributed by atoms with E-state index in [9.17, 15) is 4.79 Å². The van der Waals surface area contributed by atoms with Crippen LogP contribution in [0.5, 0.6) is 5.75 Å². The lowest BCUT2D eigenvalue weighted by Crippen LogP contribution is -2.15. The smallest absolute Gasteiger partial charge is 0.256 e. The third kappa shape index (κ3) is 4.32. The van der Waals surface area contributed by atoms with Gasteiger partial charge < -0.3 is 10.1 Å². The summed E-state index contributed by atoms with van der Waals surface area (Å²) >= 11 is 6.24. The van der Waals surface area contributed by atoms with Gasteiger partial charge in [-0.15, -0.1) is 0 Å². The van der Waals surface area contributed by atoms with Gasteiger partial charge in [0.25, 0.3) is 5.91 Å². The summed E-state index contributed by atoms with van der Waals surface area (Å²) in [5.74, 6) is 0.595. The van der Waals surface area contributed by atoms with Crippen molar-refractivity contribution in [3.63, 3.8) is 0 Å². The highest BCUT2D eigenvalue weighted by atomic mass is 35.5. The van der Waals surface area contributed by atoms with Crippen LogP contribution in [-0.4, -0.2) is 17.5 Å². The molecule has 0 aliphatic rings. The van der Waals surface area contributed by atoms with Crippen LogP contribution in [0.3, 0.4) is 0 Å². The number of carbonyl (C=O) groups excluding carboxylic acids is 1. The normalized spacial score (nSPS) is 10.9. The maximum atomic E-state index is 13.5. The fourth-order valence-electron chi connectivity index (χ4n) is 4.02. The minimum atomic E-state index is -0.174. The first-order chi connectivity index (χ1) is 15.4. The molecule has 32 heavy (non-hydrogen) atoms. The second kappa shape index (κ2) is 9.01. The molecule has 0 aliphatic carbocycles. The number of benzene rings is 3. The van der Waals surface area contributed by atoms with Gasteiger partial charge in [-0.1, -0.05) is 35.4 Å². The van der Waals surface area contributed by atoms with Crippen LogP contribution in [-0.2, 0) is 0 Å². The molecule has 4 rings (SSSR count). The highest BCUT2D eigenvalue weighted by Crippen LogP contribution is 2.33. The first kappa shape index (κ1) is 21.8. The zero-order chi connectivity index (χ0) is 22.8. The van der Waals surface area contributed by atoms with Crippen molar-refractivity contribution in [3.05, 3.63) is 87.9 Å². The minimum absolute atomic E-state index is 0.174. The van der Waals surface area contributed by atoms with Crippen LogP contribution in [0, 0.1) is 20.8 Å². The molecule has 0 unspecified atom stereocenters. The van der Waals surface area contributed by atoms with E-state index in [1.54, 1.807) is 0 Å². The van der Waals surface area contributed by atoms with Crippen molar-refractivity contribution in [2.24, 2.45) is 0 Å². The van der Waals surface area contributed by atoms with E-state index in [0.717, 1.165) is 44.6 Å². The summed E-state index contributed by atoms with van der Waals surface area (Å²) in [5.41, 5.74) is 6.69. The van der Waals surface area contributed by atoms with Crippen molar-refractivity contribution >= 4 is 34.1 Å². The molecule has 0 bridgehead atoms. The molecule has 0 aliphatic heterocycles. The van der Waals surface area contributed by atoms with Crippen molar-refractivity contribution in [2.75, 3.05) is 11.9 Å². The Morgan fingerprint density at radius 2 is 1.78 bits per heavy atom. The fourth-order valence-corrected chi connectivity index (χ4v) is 4.21. The number of carbonyl (C=O) groups is 1. The Morgan fingerprint density at radius 1 is 1.03 bits per heavy atom. The van der Waals surface area contributed by atoms with Crippen molar-refractivity contribution in [3.8, 4) is 17.0 Å². The Kier molecular flexibility index (Phi) is 6.15. The van der Waals surface area contributed by atoms with Gasteiger partial charge in [-0.25, -0.2) is 4.98 Å². The van der Waals surface area contributed by atoms with Gasteiger partial charge >= 0.3 is 0 Å². The molecule has 0 spiro atoms. The molecule has 0 saturated carbocycles. The van der Waals surface area contributed by atoms with Crippen LogP contribution in [0.25, 0.3) is 22.2 Å². The van der Waals surface area contributed by atoms with Gasteiger partial charge in [-0.2, -0.15) is 0 Å². The number of aryl methyl sites for hydroxylation is 2. The monoisotopic (exact) mass is 444 g/mol. The standard InChI is InChI=1S/C27H25ClN2O2/c1-5-32-22-11-9-21(10-12-22)29-27(31)24-18(4)26(19-7-6-8-20(28)15-19)30-25-17(3)13-16(2)14-23(24)25/h6-15H,5H2,1-4H3,(H,29,31). The summed E-state index contributed by atoms with van der Waals surface area (Å²) in [6.45, 7) is 8.52. The van der Waals surface area contributed by atoms with Gasteiger partial charge in [-0.3, -0.25) is 4.79 Å². The Labute approximate surface area is 193 Å². The van der Waals surface area contributed by atoms with Crippen molar-refractivity contribution in [1.29, 1.82) is 0 Å². The van der Waals surface area contributed by atoms with E-state index in [1.807, 2.05) is 82.3 Å². The largest absolute Gasteiger partial charge is 0.494 e. The number of nitrogens with zero attached hydrogens (tertiary/aromatic N) is 1. The van der Waals surface area contributed by atoms with Gasteiger partial charge in [0.1, 0.15) is 5.75 Å². The van der Waals surface area contributed by atoms with E-state index in [4.69, 9.17) is 21.3 Å². The van der Waals surface area contributed by atoms with Gasteiger partial charge in [-0.05, 0) is 81.3 Å². The molecule has 0 radical (unpaired) electrons. The van der Waals surface area contributed by atoms with Crippen molar-refractivity contribution in [2.45, 2.75) is 27.7 Å². The first-order valence-electron chi connectivity index (χ1n) is 10.6. The molecule has 162 valence electrons. The molecule has 0 fully saturated rings. The Balaban J connectivity index is 1.86. The molecule has 4 aromatic rings. The summed E-state index contributed by atoms with van der Waals surface area (Å²) < 4.78 is 5.50. The molecule has 4 nitrogen and oxygen atoms in total. The summed E-state index contributed by atoms with van der Waals surface area (Å²) in [7, 11) is 0. The number of fused-ring (bicyclic) bond motifs is 1. The van der Waals surface area contributed by atoms with Gasteiger partial charge in [0.2, 0.25) is 0 Å². The summed E-state index contributed by atoms with van der Waals surface area (Å²) in [6.07, 6.45) is 0. The summed E-state index contributed by atoms with van der Waals surface area (Å²) in [4.78, 5) is 18.5. The van der Waals surface area contributed by atoms with Gasteiger partial charge in [0.15, 0.2) is 0 Å². The first-order valence-corrected chi connectivity index (χ1v) is 11.0. The number of hydrogen-bond donors (Lipinski definition) is 1. The zero-order valence-corrected chi connectivity index (χ0v) is 19.4. The molecule has 1 aromatic heterocycles. The average Bonchev–Trinajstić information content (AvgIpc) is 2.75. The Bertz CT molecular complexity index is 1310. The van der Waals surface area contributed by atoms with Gasteiger partial charge in [0.05, 0.1) is 23.4 Å². The number of pyridine rings is 1. The van der Waals surface area contributed by atoms with E-state index in [-0.39, 0.29) is 5.91 Å². The summed E-state index contributed by atoms with van der Waals surface area (Å²) in [6, 6.07) is 19.1. The van der Waals surface area contributed by atoms with Crippen molar-refractivity contribution in [1.82, 2.24) is 4.98 Å². The van der Waals surface area contributed by atoms with Crippen LogP contribution in [0.2, 0.25) is 5.02 Å². The van der Waals surface area contributed by atoms with Crippen LogP contribution in [0.4, 0.5) is 5.69 Å². The van der Waals surface area contributed by atoms with E-state index in [1.165, 1.54) is 0 Å². The number of nitrogens with one attached hydrogen (secondary N) is 1. The quantitative estimate of drug-likeness (QED) is 0.356. The number of aromatic nitrogens is 1. The second-order valence-corrected chi connectivity index (χ2v) is 8.30. The third-order valence-electron chi connectivity index (χ3n) is 5.42.